The molecule has 1 aliphatic carbocycles. The maximum atomic E-state index is 11.8. The van der Waals surface area contributed by atoms with E-state index in [4.69, 9.17) is 4.74 Å². The van der Waals surface area contributed by atoms with Gasteiger partial charge in [-0.3, -0.25) is 5.32 Å². The minimum Gasteiger partial charge on any atom is -0.448 e. The Morgan fingerprint density at radius 1 is 0.923 bits per heavy atom. The first-order chi connectivity index (χ1) is 12.7. The highest BCUT2D eigenvalue weighted by Gasteiger charge is 2.19. The number of nitrogens with one attached hydrogen (secondary N) is 1. The zero-order valence-corrected chi connectivity index (χ0v) is 15.1. The quantitative estimate of drug-likeness (QED) is 0.478. The smallest absolute Gasteiger partial charge is 0.411 e. The predicted octanol–water partition coefficient (Wildman–Crippen LogP) is 5.40. The van der Waals surface area contributed by atoms with Gasteiger partial charge in [-0.15, -0.1) is 0 Å². The Morgan fingerprint density at radius 2 is 1.65 bits per heavy atom. The normalized spacial score (nSPS) is 11.6. The van der Waals surface area contributed by atoms with Crippen molar-refractivity contribution in [3.63, 3.8) is 0 Å². The number of fused-ring (bicyclic) bond motifs is 3. The number of benzene rings is 3. The number of thiol groups is 1. The van der Waals surface area contributed by atoms with Crippen LogP contribution in [0.4, 0.5) is 10.5 Å². The summed E-state index contributed by atoms with van der Waals surface area (Å²) < 4.78 is 5.03. The fraction of sp³-hybridized carbons (Fsp3) is 0.136. The highest BCUT2D eigenvalue weighted by atomic mass is 32.1. The first-order valence-corrected chi connectivity index (χ1v) is 9.24. The summed E-state index contributed by atoms with van der Waals surface area (Å²) in [6, 6.07) is 23.0. The third-order valence-electron chi connectivity index (χ3n) is 4.57. The molecule has 0 fully saturated rings. The van der Waals surface area contributed by atoms with E-state index in [9.17, 15) is 4.79 Å². The third kappa shape index (κ3) is 3.33. The van der Waals surface area contributed by atoms with Gasteiger partial charge in [0.15, 0.2) is 0 Å². The summed E-state index contributed by atoms with van der Waals surface area (Å²) in [7, 11) is 0. The van der Waals surface area contributed by atoms with E-state index in [2.05, 4.69) is 66.5 Å². The Kier molecular flexibility index (Phi) is 4.67. The van der Waals surface area contributed by atoms with Crippen LogP contribution in [-0.4, -0.2) is 18.5 Å². The Hall–Kier alpha value is -2.72. The van der Waals surface area contributed by atoms with Gasteiger partial charge in [-0.2, -0.15) is 12.6 Å². The lowest BCUT2D eigenvalue weighted by atomic mass is 9.98. The van der Waals surface area contributed by atoms with Gasteiger partial charge in [0, 0.05) is 11.4 Å². The van der Waals surface area contributed by atoms with Crippen LogP contribution < -0.4 is 5.32 Å². The van der Waals surface area contributed by atoms with Crippen molar-refractivity contribution >= 4 is 24.4 Å². The molecule has 3 aromatic carbocycles. The van der Waals surface area contributed by atoms with Gasteiger partial charge in [0.2, 0.25) is 0 Å². The number of carbonyl (C=O) groups is 1. The molecule has 3 nitrogen and oxygen atoms in total. The molecule has 26 heavy (non-hydrogen) atoms. The predicted molar refractivity (Wildman–Crippen MR) is 109 cm³/mol. The van der Waals surface area contributed by atoms with Crippen molar-refractivity contribution in [3.05, 3.63) is 77.9 Å². The average Bonchev–Trinajstić information content (AvgIpc) is 3.04. The number of anilines is 1. The fourth-order valence-corrected chi connectivity index (χ4v) is 3.44. The van der Waals surface area contributed by atoms with Gasteiger partial charge in [-0.05, 0) is 58.0 Å². The molecule has 0 radical (unpaired) electrons. The summed E-state index contributed by atoms with van der Waals surface area (Å²) in [5, 5.41) is 2.79. The zero-order valence-electron chi connectivity index (χ0n) is 14.2. The monoisotopic (exact) mass is 361 g/mol. The van der Waals surface area contributed by atoms with Gasteiger partial charge in [0.25, 0.3) is 0 Å². The SMILES string of the molecule is O=C(Nc1ccc2c(c1)-c1cc(-c3ccccc3)ccc1C2)OCCS. The van der Waals surface area contributed by atoms with E-state index in [1.807, 2.05) is 18.2 Å². The summed E-state index contributed by atoms with van der Waals surface area (Å²) in [6.45, 7) is 0.295. The molecule has 1 N–H and O–H groups in total. The van der Waals surface area contributed by atoms with E-state index < -0.39 is 6.09 Å². The lowest BCUT2D eigenvalue weighted by Gasteiger charge is -2.09. The number of hydrogen-bond acceptors (Lipinski definition) is 3. The molecule has 0 atom stereocenters. The van der Waals surface area contributed by atoms with Crippen LogP contribution in [0.15, 0.2) is 66.7 Å². The highest BCUT2D eigenvalue weighted by molar-refractivity contribution is 7.80. The van der Waals surface area contributed by atoms with Crippen molar-refractivity contribution in [2.75, 3.05) is 17.7 Å². The third-order valence-corrected chi connectivity index (χ3v) is 4.75. The lowest BCUT2D eigenvalue weighted by molar-refractivity contribution is 0.169. The first-order valence-electron chi connectivity index (χ1n) is 8.61. The first kappa shape index (κ1) is 16.7. The standard InChI is InChI=1S/C22H19NO2S/c24-22(25-10-11-26)23-19-9-8-18-12-17-7-6-16(13-20(17)21(18)14-19)15-4-2-1-3-5-15/h1-9,13-14,26H,10-12H2,(H,23,24). The Labute approximate surface area is 158 Å². The molecule has 130 valence electrons. The number of amides is 1. The average molecular weight is 361 g/mol. The van der Waals surface area contributed by atoms with Gasteiger partial charge in [-0.1, -0.05) is 48.5 Å². The molecule has 0 aromatic heterocycles. The molecule has 0 saturated heterocycles. The van der Waals surface area contributed by atoms with Crippen molar-refractivity contribution in [1.82, 2.24) is 0 Å². The van der Waals surface area contributed by atoms with Crippen molar-refractivity contribution in [2.24, 2.45) is 0 Å². The molecule has 1 amide bonds. The molecule has 0 spiro atoms. The van der Waals surface area contributed by atoms with Gasteiger partial charge in [0.05, 0.1) is 0 Å². The van der Waals surface area contributed by atoms with Gasteiger partial charge in [-0.25, -0.2) is 4.79 Å². The van der Waals surface area contributed by atoms with E-state index in [1.165, 1.54) is 33.4 Å². The number of rotatable bonds is 4. The summed E-state index contributed by atoms with van der Waals surface area (Å²) in [5.41, 5.74) is 8.13. The fourth-order valence-electron chi connectivity index (χ4n) is 3.35. The topological polar surface area (TPSA) is 38.3 Å². The summed E-state index contributed by atoms with van der Waals surface area (Å²) in [6.07, 6.45) is 0.472. The van der Waals surface area contributed by atoms with E-state index in [0.29, 0.717) is 12.4 Å². The van der Waals surface area contributed by atoms with Gasteiger partial charge < -0.3 is 4.74 Å². The summed E-state index contributed by atoms with van der Waals surface area (Å²) >= 11 is 4.04. The Morgan fingerprint density at radius 3 is 2.42 bits per heavy atom. The highest BCUT2D eigenvalue weighted by Crippen LogP contribution is 2.40. The second-order valence-corrected chi connectivity index (χ2v) is 6.72. The molecular weight excluding hydrogens is 342 g/mol. The number of carbonyl (C=O) groups excluding carboxylic acids is 1. The molecule has 1 aliphatic rings. The van der Waals surface area contributed by atoms with Crippen LogP contribution >= 0.6 is 12.6 Å². The van der Waals surface area contributed by atoms with E-state index in [0.717, 1.165) is 12.1 Å². The molecule has 4 heteroatoms. The second kappa shape index (κ2) is 7.26. The molecular formula is C22H19NO2S. The Bertz CT molecular complexity index is 954. The van der Waals surface area contributed by atoms with E-state index in [-0.39, 0.29) is 0 Å². The minimum absolute atomic E-state index is 0.295. The maximum absolute atomic E-state index is 11.8. The van der Waals surface area contributed by atoms with Crippen LogP contribution in [0.3, 0.4) is 0 Å². The van der Waals surface area contributed by atoms with Crippen LogP contribution in [-0.2, 0) is 11.2 Å². The van der Waals surface area contributed by atoms with E-state index >= 15 is 0 Å². The summed E-state index contributed by atoms with van der Waals surface area (Å²) in [4.78, 5) is 11.8. The minimum atomic E-state index is -0.449. The number of ether oxygens (including phenoxy) is 1. The molecule has 3 aromatic rings. The molecule has 4 rings (SSSR count). The molecule has 0 heterocycles. The van der Waals surface area contributed by atoms with E-state index in [1.54, 1.807) is 0 Å². The summed E-state index contributed by atoms with van der Waals surface area (Å²) in [5.74, 6) is 0.507. The largest absolute Gasteiger partial charge is 0.448 e. The van der Waals surface area contributed by atoms with Crippen molar-refractivity contribution in [3.8, 4) is 22.3 Å². The van der Waals surface area contributed by atoms with Gasteiger partial charge in [0.1, 0.15) is 6.61 Å². The number of hydrogen-bond donors (Lipinski definition) is 2. The van der Waals surface area contributed by atoms with Crippen LogP contribution in [0.5, 0.6) is 0 Å². The van der Waals surface area contributed by atoms with Crippen molar-refractivity contribution in [2.45, 2.75) is 6.42 Å². The molecule has 0 bridgehead atoms. The molecule has 0 aliphatic heterocycles. The maximum Gasteiger partial charge on any atom is 0.411 e. The van der Waals surface area contributed by atoms with Crippen LogP contribution in [0.2, 0.25) is 0 Å². The molecule has 0 unspecified atom stereocenters. The second-order valence-electron chi connectivity index (χ2n) is 6.27. The van der Waals surface area contributed by atoms with Gasteiger partial charge >= 0.3 is 6.09 Å². The Balaban J connectivity index is 1.65. The van der Waals surface area contributed by atoms with Crippen molar-refractivity contribution < 1.29 is 9.53 Å². The van der Waals surface area contributed by atoms with Crippen LogP contribution in [0, 0.1) is 0 Å². The molecule has 0 saturated carbocycles. The van der Waals surface area contributed by atoms with Crippen LogP contribution in [0.1, 0.15) is 11.1 Å². The van der Waals surface area contributed by atoms with Crippen LogP contribution in [0.25, 0.3) is 22.3 Å². The van der Waals surface area contributed by atoms with Crippen molar-refractivity contribution in [1.29, 1.82) is 0 Å². The lowest BCUT2D eigenvalue weighted by Crippen LogP contribution is -2.14. The zero-order chi connectivity index (χ0) is 17.9.